The van der Waals surface area contributed by atoms with Crippen molar-refractivity contribution in [2.24, 2.45) is 0 Å². The SMILES string of the molecule is CCCCCC(=O)OCCN1CCCCC1. The summed E-state index contributed by atoms with van der Waals surface area (Å²) in [5.41, 5.74) is 0. The number of nitrogens with zero attached hydrogens (tertiary/aromatic N) is 1. The second-order valence-corrected chi connectivity index (χ2v) is 4.58. The van der Waals surface area contributed by atoms with Gasteiger partial charge < -0.3 is 4.74 Å². The van der Waals surface area contributed by atoms with Crippen LogP contribution in [0, 0.1) is 0 Å². The Bertz CT molecular complexity index is 188. The first-order valence-electron chi connectivity index (χ1n) is 6.71. The molecule has 0 aromatic rings. The van der Waals surface area contributed by atoms with E-state index in [0.717, 1.165) is 25.8 Å². The number of likely N-dealkylation sites (tertiary alicyclic amines) is 1. The van der Waals surface area contributed by atoms with E-state index in [1.165, 1.54) is 32.4 Å². The molecule has 94 valence electrons. The van der Waals surface area contributed by atoms with Gasteiger partial charge in [-0.2, -0.15) is 0 Å². The van der Waals surface area contributed by atoms with Gasteiger partial charge in [0.25, 0.3) is 0 Å². The minimum Gasteiger partial charge on any atom is -0.464 e. The van der Waals surface area contributed by atoms with Crippen LogP contribution in [0.1, 0.15) is 51.9 Å². The van der Waals surface area contributed by atoms with Crippen LogP contribution in [0.3, 0.4) is 0 Å². The molecule has 0 aromatic heterocycles. The van der Waals surface area contributed by atoms with E-state index in [9.17, 15) is 4.79 Å². The molecular weight excluding hydrogens is 202 g/mol. The molecule has 1 aliphatic rings. The van der Waals surface area contributed by atoms with Gasteiger partial charge in [0.1, 0.15) is 6.61 Å². The van der Waals surface area contributed by atoms with Crippen molar-refractivity contribution >= 4 is 5.97 Å². The predicted octanol–water partition coefficient (Wildman–Crippen LogP) is 2.60. The van der Waals surface area contributed by atoms with Crippen LogP contribution in [0.25, 0.3) is 0 Å². The fourth-order valence-electron chi connectivity index (χ4n) is 2.06. The number of esters is 1. The van der Waals surface area contributed by atoms with Crippen LogP contribution in [0.4, 0.5) is 0 Å². The highest BCUT2D eigenvalue weighted by molar-refractivity contribution is 5.69. The van der Waals surface area contributed by atoms with Gasteiger partial charge in [-0.25, -0.2) is 0 Å². The molecule has 1 saturated heterocycles. The largest absolute Gasteiger partial charge is 0.464 e. The number of carbonyl (C=O) groups excluding carboxylic acids is 1. The first kappa shape index (κ1) is 13.5. The quantitative estimate of drug-likeness (QED) is 0.494. The van der Waals surface area contributed by atoms with Gasteiger partial charge in [-0.05, 0) is 32.4 Å². The maximum atomic E-state index is 11.3. The molecule has 1 fully saturated rings. The third kappa shape index (κ3) is 6.11. The van der Waals surface area contributed by atoms with Crippen molar-refractivity contribution in [2.45, 2.75) is 51.9 Å². The summed E-state index contributed by atoms with van der Waals surface area (Å²) in [6.07, 6.45) is 7.79. The van der Waals surface area contributed by atoms with Gasteiger partial charge in [0.05, 0.1) is 0 Å². The number of piperidine rings is 1. The van der Waals surface area contributed by atoms with Gasteiger partial charge in [0.2, 0.25) is 0 Å². The summed E-state index contributed by atoms with van der Waals surface area (Å²) in [6.45, 7) is 5.98. The first-order chi connectivity index (χ1) is 7.83. The smallest absolute Gasteiger partial charge is 0.305 e. The van der Waals surface area contributed by atoms with Crippen molar-refractivity contribution in [1.82, 2.24) is 4.90 Å². The standard InChI is InChI=1S/C13H25NO2/c1-2-3-5-8-13(15)16-12-11-14-9-6-4-7-10-14/h2-12H2,1H3. The molecule has 0 aromatic carbocycles. The van der Waals surface area contributed by atoms with Crippen molar-refractivity contribution < 1.29 is 9.53 Å². The van der Waals surface area contributed by atoms with Crippen LogP contribution in [0.2, 0.25) is 0 Å². The van der Waals surface area contributed by atoms with Crippen LogP contribution >= 0.6 is 0 Å². The van der Waals surface area contributed by atoms with Crippen molar-refractivity contribution in [2.75, 3.05) is 26.2 Å². The normalized spacial score (nSPS) is 17.3. The average Bonchev–Trinajstić information content (AvgIpc) is 2.31. The van der Waals surface area contributed by atoms with Gasteiger partial charge in [-0.15, -0.1) is 0 Å². The Labute approximate surface area is 99.1 Å². The maximum absolute atomic E-state index is 11.3. The first-order valence-corrected chi connectivity index (χ1v) is 6.71. The summed E-state index contributed by atoms with van der Waals surface area (Å²) in [5, 5.41) is 0. The van der Waals surface area contributed by atoms with E-state index < -0.39 is 0 Å². The number of unbranched alkanes of at least 4 members (excludes halogenated alkanes) is 2. The molecule has 0 radical (unpaired) electrons. The number of ether oxygens (including phenoxy) is 1. The molecule has 3 heteroatoms. The molecule has 16 heavy (non-hydrogen) atoms. The fraction of sp³-hybridized carbons (Fsp3) is 0.923. The minimum absolute atomic E-state index is 0.0227. The summed E-state index contributed by atoms with van der Waals surface area (Å²) < 4.78 is 5.21. The van der Waals surface area contributed by atoms with Gasteiger partial charge in [-0.3, -0.25) is 9.69 Å². The Hall–Kier alpha value is -0.570. The van der Waals surface area contributed by atoms with E-state index in [1.807, 2.05) is 0 Å². The summed E-state index contributed by atoms with van der Waals surface area (Å²) >= 11 is 0. The van der Waals surface area contributed by atoms with E-state index in [-0.39, 0.29) is 5.97 Å². The molecule has 1 rings (SSSR count). The molecule has 0 aliphatic carbocycles. The molecule has 0 unspecified atom stereocenters. The molecule has 3 nitrogen and oxygen atoms in total. The minimum atomic E-state index is -0.0227. The summed E-state index contributed by atoms with van der Waals surface area (Å²) in [4.78, 5) is 13.7. The van der Waals surface area contributed by atoms with E-state index in [1.54, 1.807) is 0 Å². The van der Waals surface area contributed by atoms with E-state index in [2.05, 4.69) is 11.8 Å². The van der Waals surface area contributed by atoms with E-state index in [0.29, 0.717) is 13.0 Å². The lowest BCUT2D eigenvalue weighted by Crippen LogP contribution is -2.33. The van der Waals surface area contributed by atoms with Crippen LogP contribution < -0.4 is 0 Å². The van der Waals surface area contributed by atoms with Crippen LogP contribution in [0.5, 0.6) is 0 Å². The molecule has 0 atom stereocenters. The molecule has 1 aliphatic heterocycles. The second kappa shape index (κ2) is 8.57. The molecular formula is C13H25NO2. The highest BCUT2D eigenvalue weighted by atomic mass is 16.5. The van der Waals surface area contributed by atoms with Gasteiger partial charge in [0.15, 0.2) is 0 Å². The van der Waals surface area contributed by atoms with Crippen molar-refractivity contribution in [3.05, 3.63) is 0 Å². The van der Waals surface area contributed by atoms with Gasteiger partial charge >= 0.3 is 5.97 Å². The molecule has 0 bridgehead atoms. The average molecular weight is 227 g/mol. The lowest BCUT2D eigenvalue weighted by atomic mass is 10.1. The topological polar surface area (TPSA) is 29.5 Å². The Morgan fingerprint density at radius 1 is 1.19 bits per heavy atom. The zero-order valence-corrected chi connectivity index (χ0v) is 10.5. The van der Waals surface area contributed by atoms with Crippen LogP contribution in [0.15, 0.2) is 0 Å². The van der Waals surface area contributed by atoms with Gasteiger partial charge in [-0.1, -0.05) is 26.2 Å². The Kier molecular flexibility index (Phi) is 7.23. The molecule has 0 saturated carbocycles. The van der Waals surface area contributed by atoms with E-state index >= 15 is 0 Å². The van der Waals surface area contributed by atoms with Crippen LogP contribution in [-0.2, 0) is 9.53 Å². The zero-order valence-electron chi connectivity index (χ0n) is 10.5. The highest BCUT2D eigenvalue weighted by Crippen LogP contribution is 2.08. The fourth-order valence-corrected chi connectivity index (χ4v) is 2.06. The molecule has 0 amide bonds. The summed E-state index contributed by atoms with van der Waals surface area (Å²) in [6, 6.07) is 0. The number of carbonyl (C=O) groups is 1. The summed E-state index contributed by atoms with van der Waals surface area (Å²) in [5.74, 6) is -0.0227. The number of hydrogen-bond acceptors (Lipinski definition) is 3. The molecule has 0 spiro atoms. The lowest BCUT2D eigenvalue weighted by Gasteiger charge is -2.25. The molecule has 1 heterocycles. The summed E-state index contributed by atoms with van der Waals surface area (Å²) in [7, 11) is 0. The van der Waals surface area contributed by atoms with Crippen molar-refractivity contribution in [3.8, 4) is 0 Å². The Balaban J connectivity index is 1.94. The second-order valence-electron chi connectivity index (χ2n) is 4.58. The highest BCUT2D eigenvalue weighted by Gasteiger charge is 2.10. The third-order valence-corrected chi connectivity index (χ3v) is 3.10. The molecule has 0 N–H and O–H groups in total. The Morgan fingerprint density at radius 3 is 2.62 bits per heavy atom. The van der Waals surface area contributed by atoms with E-state index in [4.69, 9.17) is 4.74 Å². The lowest BCUT2D eigenvalue weighted by molar-refractivity contribution is -0.144. The van der Waals surface area contributed by atoms with Gasteiger partial charge in [0, 0.05) is 13.0 Å². The maximum Gasteiger partial charge on any atom is 0.305 e. The number of hydrogen-bond donors (Lipinski definition) is 0. The number of rotatable bonds is 7. The van der Waals surface area contributed by atoms with Crippen molar-refractivity contribution in [3.63, 3.8) is 0 Å². The van der Waals surface area contributed by atoms with Crippen LogP contribution in [-0.4, -0.2) is 37.1 Å². The van der Waals surface area contributed by atoms with Crippen molar-refractivity contribution in [1.29, 1.82) is 0 Å². The zero-order chi connectivity index (χ0) is 11.6. The monoisotopic (exact) mass is 227 g/mol. The predicted molar refractivity (Wildman–Crippen MR) is 65.4 cm³/mol. The Morgan fingerprint density at radius 2 is 1.94 bits per heavy atom. The third-order valence-electron chi connectivity index (χ3n) is 3.10.